The van der Waals surface area contributed by atoms with Gasteiger partial charge in [-0.3, -0.25) is 0 Å². The first kappa shape index (κ1) is 11.2. The molecule has 0 aliphatic rings. The van der Waals surface area contributed by atoms with Gasteiger partial charge in [-0.1, -0.05) is 0 Å². The zero-order valence-electron chi connectivity index (χ0n) is 6.77. The Kier molecular flexibility index (Phi) is 3.31. The maximum Gasteiger partial charge on any atom is 0.418 e. The first-order chi connectivity index (χ1) is 6.45. The molecule has 1 aromatic heterocycles. The second-order valence-corrected chi connectivity index (χ2v) is 3.54. The number of hydrogen-bond acceptors (Lipinski definition) is 2. The third-order valence-corrected chi connectivity index (χ3v) is 2.34. The zero-order chi connectivity index (χ0) is 10.8. The van der Waals surface area contributed by atoms with Crippen LogP contribution in [0.25, 0.3) is 0 Å². The largest absolute Gasteiger partial charge is 0.418 e. The average molecular weight is 312 g/mol. The Labute approximate surface area is 91.9 Å². The minimum atomic E-state index is -4.41. The Hall–Kier alpha value is -0.840. The highest BCUT2D eigenvalue weighted by Gasteiger charge is 2.33. The number of rotatable bonds is 1. The lowest BCUT2D eigenvalue weighted by Crippen LogP contribution is -2.09. The van der Waals surface area contributed by atoms with E-state index in [4.69, 9.17) is 5.26 Å². The van der Waals surface area contributed by atoms with Crippen molar-refractivity contribution in [3.8, 4) is 6.07 Å². The number of aromatic nitrogens is 1. The molecular formula is C8H4F3IN2. The smallest absolute Gasteiger partial charge is 0.249 e. The summed E-state index contributed by atoms with van der Waals surface area (Å²) in [5.74, 6) is 0. The van der Waals surface area contributed by atoms with Crippen molar-refractivity contribution in [1.82, 2.24) is 4.98 Å². The van der Waals surface area contributed by atoms with E-state index in [1.165, 1.54) is 28.8 Å². The zero-order valence-corrected chi connectivity index (χ0v) is 8.93. The van der Waals surface area contributed by atoms with Gasteiger partial charge in [0.2, 0.25) is 0 Å². The SMILES string of the molecule is N#CCc1cnc(I)c(C(F)(F)F)c1. The molecule has 74 valence electrons. The normalized spacial score (nSPS) is 11.1. The molecule has 0 atom stereocenters. The fourth-order valence-corrected chi connectivity index (χ4v) is 1.48. The summed E-state index contributed by atoms with van der Waals surface area (Å²) in [6.45, 7) is 0. The molecule has 1 rings (SSSR count). The molecule has 0 N–H and O–H groups in total. The van der Waals surface area contributed by atoms with Crippen LogP contribution in [0.15, 0.2) is 12.3 Å². The number of hydrogen-bond donors (Lipinski definition) is 0. The summed E-state index contributed by atoms with van der Waals surface area (Å²) in [5.41, 5.74) is -0.508. The molecule has 0 fully saturated rings. The number of alkyl halides is 3. The van der Waals surface area contributed by atoms with Crippen molar-refractivity contribution < 1.29 is 13.2 Å². The van der Waals surface area contributed by atoms with Crippen molar-refractivity contribution in [2.75, 3.05) is 0 Å². The van der Waals surface area contributed by atoms with Crippen molar-refractivity contribution in [2.24, 2.45) is 0 Å². The van der Waals surface area contributed by atoms with E-state index in [2.05, 4.69) is 4.98 Å². The molecule has 6 heteroatoms. The van der Waals surface area contributed by atoms with E-state index < -0.39 is 11.7 Å². The highest BCUT2D eigenvalue weighted by molar-refractivity contribution is 14.1. The molecule has 0 bridgehead atoms. The van der Waals surface area contributed by atoms with Gasteiger partial charge < -0.3 is 0 Å². The predicted octanol–water partition coefficient (Wildman–Crippen LogP) is 2.77. The van der Waals surface area contributed by atoms with E-state index in [0.717, 1.165) is 6.07 Å². The fourth-order valence-electron chi connectivity index (χ4n) is 0.878. The minimum Gasteiger partial charge on any atom is -0.249 e. The second kappa shape index (κ2) is 4.13. The quantitative estimate of drug-likeness (QED) is 0.590. The Morgan fingerprint density at radius 2 is 2.14 bits per heavy atom. The van der Waals surface area contributed by atoms with Crippen molar-refractivity contribution in [1.29, 1.82) is 5.26 Å². The van der Waals surface area contributed by atoms with Crippen molar-refractivity contribution in [3.05, 3.63) is 27.1 Å². The van der Waals surface area contributed by atoms with Gasteiger partial charge in [-0.15, -0.1) is 0 Å². The number of pyridine rings is 1. The lowest BCUT2D eigenvalue weighted by Gasteiger charge is -2.08. The molecule has 0 saturated carbocycles. The van der Waals surface area contributed by atoms with Gasteiger partial charge in [-0.05, 0) is 34.2 Å². The Balaban J connectivity index is 3.17. The second-order valence-electron chi connectivity index (χ2n) is 2.51. The van der Waals surface area contributed by atoms with Crippen LogP contribution >= 0.6 is 22.6 Å². The van der Waals surface area contributed by atoms with Crippen molar-refractivity contribution in [3.63, 3.8) is 0 Å². The van der Waals surface area contributed by atoms with Gasteiger partial charge in [-0.2, -0.15) is 18.4 Å². The van der Waals surface area contributed by atoms with Gasteiger partial charge in [0.05, 0.1) is 18.1 Å². The Bertz CT molecular complexity index is 381. The van der Waals surface area contributed by atoms with Crippen LogP contribution in [0, 0.1) is 15.0 Å². The van der Waals surface area contributed by atoms with Gasteiger partial charge in [0, 0.05) is 6.20 Å². The summed E-state index contributed by atoms with van der Waals surface area (Å²) < 4.78 is 36.9. The van der Waals surface area contributed by atoms with Gasteiger partial charge in [0.15, 0.2) is 0 Å². The lowest BCUT2D eigenvalue weighted by atomic mass is 10.1. The third-order valence-electron chi connectivity index (χ3n) is 1.48. The standard InChI is InChI=1S/C8H4F3IN2/c9-8(10,11)6-3-5(1-2-13)4-14-7(6)12/h3-4H,1H2. The molecule has 2 nitrogen and oxygen atoms in total. The van der Waals surface area contributed by atoms with Crippen LogP contribution in [-0.2, 0) is 12.6 Å². The van der Waals surface area contributed by atoms with Crippen LogP contribution < -0.4 is 0 Å². The number of halogens is 4. The maximum absolute atomic E-state index is 12.3. The fraction of sp³-hybridized carbons (Fsp3) is 0.250. The minimum absolute atomic E-state index is 0.0625. The van der Waals surface area contributed by atoms with Crippen LogP contribution in [0.2, 0.25) is 0 Å². The molecule has 0 unspecified atom stereocenters. The van der Waals surface area contributed by atoms with Gasteiger partial charge >= 0.3 is 6.18 Å². The molecule has 0 amide bonds. The Morgan fingerprint density at radius 3 is 2.64 bits per heavy atom. The molecule has 1 heterocycles. The molecule has 0 spiro atoms. The molecule has 0 aliphatic carbocycles. The van der Waals surface area contributed by atoms with Crippen molar-refractivity contribution in [2.45, 2.75) is 12.6 Å². The maximum atomic E-state index is 12.3. The molecule has 0 aliphatic heterocycles. The van der Waals surface area contributed by atoms with Crippen LogP contribution in [-0.4, -0.2) is 4.98 Å². The molecule has 0 aromatic carbocycles. The average Bonchev–Trinajstić information content (AvgIpc) is 2.07. The number of nitrogens with zero attached hydrogens (tertiary/aromatic N) is 2. The third kappa shape index (κ3) is 2.57. The molecule has 0 radical (unpaired) electrons. The van der Waals surface area contributed by atoms with Crippen LogP contribution in [0.5, 0.6) is 0 Å². The molecule has 1 aromatic rings. The summed E-state index contributed by atoms with van der Waals surface area (Å²) in [6.07, 6.45) is -3.19. The predicted molar refractivity (Wildman–Crippen MR) is 51.3 cm³/mol. The van der Waals surface area contributed by atoms with Crippen LogP contribution in [0.3, 0.4) is 0 Å². The first-order valence-corrected chi connectivity index (χ1v) is 4.61. The summed E-state index contributed by atoms with van der Waals surface area (Å²) >= 11 is 1.52. The van der Waals surface area contributed by atoms with Gasteiger partial charge in [-0.25, -0.2) is 4.98 Å². The van der Waals surface area contributed by atoms with Gasteiger partial charge in [0.1, 0.15) is 3.70 Å². The molecular weight excluding hydrogens is 308 g/mol. The molecule has 0 saturated heterocycles. The summed E-state index contributed by atoms with van der Waals surface area (Å²) in [7, 11) is 0. The van der Waals surface area contributed by atoms with E-state index in [-0.39, 0.29) is 15.7 Å². The topological polar surface area (TPSA) is 36.7 Å². The monoisotopic (exact) mass is 312 g/mol. The summed E-state index contributed by atoms with van der Waals surface area (Å²) in [5, 5.41) is 8.32. The van der Waals surface area contributed by atoms with E-state index in [1.54, 1.807) is 6.07 Å². The summed E-state index contributed by atoms with van der Waals surface area (Å²) in [4.78, 5) is 3.58. The van der Waals surface area contributed by atoms with E-state index in [1.807, 2.05) is 0 Å². The van der Waals surface area contributed by atoms with Crippen molar-refractivity contribution >= 4 is 22.6 Å². The highest BCUT2D eigenvalue weighted by atomic mass is 127. The van der Waals surface area contributed by atoms with Crippen LogP contribution in [0.1, 0.15) is 11.1 Å². The molecule has 14 heavy (non-hydrogen) atoms. The highest BCUT2D eigenvalue weighted by Crippen LogP contribution is 2.32. The first-order valence-electron chi connectivity index (χ1n) is 3.53. The van der Waals surface area contributed by atoms with Gasteiger partial charge in [0.25, 0.3) is 0 Å². The van der Waals surface area contributed by atoms with E-state index in [9.17, 15) is 13.2 Å². The summed E-state index contributed by atoms with van der Waals surface area (Å²) in [6, 6.07) is 2.73. The van der Waals surface area contributed by atoms with Crippen LogP contribution in [0.4, 0.5) is 13.2 Å². The number of nitriles is 1. The Morgan fingerprint density at radius 1 is 1.50 bits per heavy atom. The van der Waals surface area contributed by atoms with E-state index >= 15 is 0 Å². The van der Waals surface area contributed by atoms with E-state index in [0.29, 0.717) is 0 Å². The lowest BCUT2D eigenvalue weighted by molar-refractivity contribution is -0.138.